The second-order valence-electron chi connectivity index (χ2n) is 9.35. The number of benzene rings is 2. The van der Waals surface area contributed by atoms with Crippen LogP contribution in [0.15, 0.2) is 64.8 Å². The number of ether oxygens (including phenoxy) is 3. The SMILES string of the molecule is CCOC(=O)C1=C(C)N=C2C[C@H](c3ccc(OC)cc3)[C@H](C(=O)OCC)C(=O)C2[C@@H]1c1ccccc1C. The van der Waals surface area contributed by atoms with Crippen molar-refractivity contribution in [1.29, 1.82) is 0 Å². The maximum Gasteiger partial charge on any atom is 0.336 e. The smallest absolute Gasteiger partial charge is 0.336 e. The van der Waals surface area contributed by atoms with Crippen LogP contribution in [0.3, 0.4) is 0 Å². The molecule has 37 heavy (non-hydrogen) atoms. The second kappa shape index (κ2) is 11.1. The van der Waals surface area contributed by atoms with Gasteiger partial charge in [0.05, 0.1) is 31.8 Å². The predicted molar refractivity (Wildman–Crippen MR) is 140 cm³/mol. The van der Waals surface area contributed by atoms with Crippen LogP contribution >= 0.6 is 0 Å². The van der Waals surface area contributed by atoms with Crippen LogP contribution in [0.2, 0.25) is 0 Å². The summed E-state index contributed by atoms with van der Waals surface area (Å²) >= 11 is 0. The first-order valence-corrected chi connectivity index (χ1v) is 12.7. The number of fused-ring (bicyclic) bond motifs is 1. The molecule has 7 nitrogen and oxygen atoms in total. The Morgan fingerprint density at radius 2 is 1.62 bits per heavy atom. The van der Waals surface area contributed by atoms with Gasteiger partial charge in [0.2, 0.25) is 0 Å². The molecule has 4 atom stereocenters. The molecule has 1 saturated carbocycles. The van der Waals surface area contributed by atoms with E-state index in [1.54, 1.807) is 27.9 Å². The monoisotopic (exact) mass is 503 g/mol. The largest absolute Gasteiger partial charge is 0.497 e. The molecule has 0 bridgehead atoms. The lowest BCUT2D eigenvalue weighted by Gasteiger charge is -2.41. The summed E-state index contributed by atoms with van der Waals surface area (Å²) in [5.41, 5.74) is 4.20. The fraction of sp³-hybridized carbons (Fsp3) is 0.400. The zero-order valence-electron chi connectivity index (χ0n) is 21.9. The van der Waals surface area contributed by atoms with E-state index in [2.05, 4.69) is 0 Å². The van der Waals surface area contributed by atoms with Crippen molar-refractivity contribution in [2.24, 2.45) is 16.8 Å². The van der Waals surface area contributed by atoms with E-state index in [9.17, 15) is 14.4 Å². The Labute approximate surface area is 217 Å². The summed E-state index contributed by atoms with van der Waals surface area (Å²) in [6.45, 7) is 7.58. The number of aliphatic imine (C=N–C) groups is 1. The fourth-order valence-corrected chi connectivity index (χ4v) is 5.59. The molecule has 0 N–H and O–H groups in total. The summed E-state index contributed by atoms with van der Waals surface area (Å²) in [5.74, 6) is -3.49. The normalized spacial score (nSPS) is 23.2. The number of carbonyl (C=O) groups is 3. The van der Waals surface area contributed by atoms with Gasteiger partial charge in [0.1, 0.15) is 11.7 Å². The first kappa shape index (κ1) is 26.3. The van der Waals surface area contributed by atoms with Gasteiger partial charge in [-0.05, 0) is 62.9 Å². The summed E-state index contributed by atoms with van der Waals surface area (Å²) in [4.78, 5) is 45.6. The average molecular weight is 504 g/mol. The Balaban J connectivity index is 1.89. The molecule has 0 saturated heterocycles. The highest BCUT2D eigenvalue weighted by Crippen LogP contribution is 2.49. The van der Waals surface area contributed by atoms with Crippen LogP contribution in [0.25, 0.3) is 0 Å². The third kappa shape index (κ3) is 4.95. The Morgan fingerprint density at radius 3 is 2.24 bits per heavy atom. The lowest BCUT2D eigenvalue weighted by Crippen LogP contribution is -2.48. The van der Waals surface area contributed by atoms with Gasteiger partial charge >= 0.3 is 11.9 Å². The molecule has 2 aromatic rings. The quantitative estimate of drug-likeness (QED) is 0.393. The van der Waals surface area contributed by atoms with Crippen molar-refractivity contribution < 1.29 is 28.6 Å². The van der Waals surface area contributed by atoms with E-state index in [1.165, 1.54) is 0 Å². The van der Waals surface area contributed by atoms with Gasteiger partial charge in [0, 0.05) is 23.2 Å². The lowest BCUT2D eigenvalue weighted by atomic mass is 9.62. The molecule has 1 fully saturated rings. The topological polar surface area (TPSA) is 91.3 Å². The Kier molecular flexibility index (Phi) is 7.91. The minimum atomic E-state index is -1.02. The molecule has 0 amide bonds. The van der Waals surface area contributed by atoms with Crippen molar-refractivity contribution in [3.8, 4) is 5.75 Å². The number of hydrogen-bond donors (Lipinski definition) is 0. The van der Waals surface area contributed by atoms with Crippen molar-refractivity contribution in [3.05, 3.63) is 76.5 Å². The molecule has 0 spiro atoms. The zero-order valence-corrected chi connectivity index (χ0v) is 21.9. The minimum Gasteiger partial charge on any atom is -0.497 e. The first-order chi connectivity index (χ1) is 17.8. The molecule has 0 radical (unpaired) electrons. The van der Waals surface area contributed by atoms with Crippen molar-refractivity contribution in [2.45, 2.75) is 46.0 Å². The minimum absolute atomic E-state index is 0.165. The highest BCUT2D eigenvalue weighted by Gasteiger charge is 2.53. The van der Waals surface area contributed by atoms with Gasteiger partial charge < -0.3 is 14.2 Å². The molecule has 1 aliphatic heterocycles. The molecular formula is C30H33NO6. The van der Waals surface area contributed by atoms with Gasteiger partial charge in [-0.3, -0.25) is 14.6 Å². The van der Waals surface area contributed by atoms with Gasteiger partial charge in [-0.2, -0.15) is 0 Å². The molecule has 7 heteroatoms. The van der Waals surface area contributed by atoms with Gasteiger partial charge in [0.15, 0.2) is 5.78 Å². The van der Waals surface area contributed by atoms with Gasteiger partial charge in [-0.15, -0.1) is 0 Å². The van der Waals surface area contributed by atoms with Crippen molar-refractivity contribution >= 4 is 23.4 Å². The highest BCUT2D eigenvalue weighted by molar-refractivity contribution is 6.17. The highest BCUT2D eigenvalue weighted by atomic mass is 16.5. The van der Waals surface area contributed by atoms with E-state index >= 15 is 0 Å². The number of methoxy groups -OCH3 is 1. The van der Waals surface area contributed by atoms with Gasteiger partial charge in [0.25, 0.3) is 0 Å². The van der Waals surface area contributed by atoms with Crippen molar-refractivity contribution in [2.75, 3.05) is 20.3 Å². The Hall–Kier alpha value is -3.74. The van der Waals surface area contributed by atoms with Gasteiger partial charge in [-0.25, -0.2) is 4.79 Å². The summed E-state index contributed by atoms with van der Waals surface area (Å²) in [6.07, 6.45) is 0.391. The number of aryl methyl sites for hydroxylation is 1. The zero-order chi connectivity index (χ0) is 26.7. The number of rotatable bonds is 7. The van der Waals surface area contributed by atoms with E-state index in [-0.39, 0.29) is 19.0 Å². The van der Waals surface area contributed by atoms with Crippen LogP contribution in [-0.4, -0.2) is 43.8 Å². The van der Waals surface area contributed by atoms with Crippen molar-refractivity contribution in [1.82, 2.24) is 0 Å². The van der Waals surface area contributed by atoms with Crippen LogP contribution in [-0.2, 0) is 23.9 Å². The Bertz CT molecular complexity index is 1260. The standard InChI is InChI=1S/C30H33NO6/c1-6-36-29(33)24-18(4)31-23-16-22(19-12-14-20(35-5)15-13-19)26(30(34)37-7-2)28(32)27(23)25(24)21-11-9-8-10-17(21)3/h8-15,22,25-27H,6-7,16H2,1-5H3/t22-,25-,26+,27?/m1/s1. The van der Waals surface area contributed by atoms with Gasteiger partial charge in [-0.1, -0.05) is 36.4 Å². The number of esters is 2. The summed E-state index contributed by atoms with van der Waals surface area (Å²) in [5, 5.41) is 0. The second-order valence-corrected chi connectivity index (χ2v) is 9.35. The summed E-state index contributed by atoms with van der Waals surface area (Å²) < 4.78 is 16.1. The first-order valence-electron chi connectivity index (χ1n) is 12.7. The molecule has 1 unspecified atom stereocenters. The van der Waals surface area contributed by atoms with E-state index in [0.29, 0.717) is 29.2 Å². The molecule has 1 heterocycles. The third-order valence-electron chi connectivity index (χ3n) is 7.25. The van der Waals surface area contributed by atoms with E-state index in [0.717, 1.165) is 16.7 Å². The summed E-state index contributed by atoms with van der Waals surface area (Å²) in [6, 6.07) is 15.1. The van der Waals surface area contributed by atoms with Crippen LogP contribution in [0, 0.1) is 18.8 Å². The van der Waals surface area contributed by atoms with Crippen LogP contribution in [0.1, 0.15) is 55.7 Å². The number of Topliss-reactive ketones (excluding diaryl/α,β-unsaturated/α-hetero) is 1. The molecule has 1 aliphatic carbocycles. The molecular weight excluding hydrogens is 470 g/mol. The summed E-state index contributed by atoms with van der Waals surface area (Å²) in [7, 11) is 1.59. The maximum atomic E-state index is 14.3. The number of carbonyl (C=O) groups excluding carboxylic acids is 3. The Morgan fingerprint density at radius 1 is 0.946 bits per heavy atom. The predicted octanol–water partition coefficient (Wildman–Crippen LogP) is 4.93. The van der Waals surface area contributed by atoms with Crippen molar-refractivity contribution in [3.63, 3.8) is 0 Å². The van der Waals surface area contributed by atoms with E-state index < -0.39 is 35.6 Å². The molecule has 0 aromatic heterocycles. The third-order valence-corrected chi connectivity index (χ3v) is 7.25. The lowest BCUT2D eigenvalue weighted by molar-refractivity contribution is -0.153. The number of ketones is 1. The van der Waals surface area contributed by atoms with Crippen LogP contribution in [0.5, 0.6) is 5.75 Å². The molecule has 2 aromatic carbocycles. The molecule has 194 valence electrons. The average Bonchev–Trinajstić information content (AvgIpc) is 2.88. The van der Waals surface area contributed by atoms with Crippen LogP contribution in [0.4, 0.5) is 0 Å². The molecule has 2 aliphatic rings. The fourth-order valence-electron chi connectivity index (χ4n) is 5.59. The molecule has 4 rings (SSSR count). The van der Waals surface area contributed by atoms with E-state index in [1.807, 2.05) is 55.5 Å². The number of allylic oxidation sites excluding steroid dienone is 1. The number of nitrogens with zero attached hydrogens (tertiary/aromatic N) is 1. The van der Waals surface area contributed by atoms with E-state index in [4.69, 9.17) is 19.2 Å². The maximum absolute atomic E-state index is 14.3. The van der Waals surface area contributed by atoms with Crippen LogP contribution < -0.4 is 4.74 Å². The number of hydrogen-bond acceptors (Lipinski definition) is 7.